The molecule has 1 N–H and O–H groups in total. The molecule has 5 nitrogen and oxygen atoms in total. The third-order valence-corrected chi connectivity index (χ3v) is 7.09. The highest BCUT2D eigenvalue weighted by molar-refractivity contribution is 7.89. The molecule has 0 fully saturated rings. The fourth-order valence-corrected chi connectivity index (χ4v) is 5.09. The van der Waals surface area contributed by atoms with E-state index in [0.717, 1.165) is 11.1 Å². The van der Waals surface area contributed by atoms with Crippen molar-refractivity contribution in [2.24, 2.45) is 0 Å². The van der Waals surface area contributed by atoms with Gasteiger partial charge in [0, 0.05) is 35.8 Å². The fraction of sp³-hybridized carbons (Fsp3) is 0.273. The van der Waals surface area contributed by atoms with Gasteiger partial charge in [-0.25, -0.2) is 8.42 Å². The van der Waals surface area contributed by atoms with Gasteiger partial charge in [0.15, 0.2) is 0 Å². The maximum absolute atomic E-state index is 13.0. The summed E-state index contributed by atoms with van der Waals surface area (Å²) in [6, 6.07) is 12.9. The van der Waals surface area contributed by atoms with Crippen molar-refractivity contribution in [2.75, 3.05) is 19.7 Å². The van der Waals surface area contributed by atoms with Crippen molar-refractivity contribution in [3.8, 4) is 5.75 Å². The minimum Gasteiger partial charge on any atom is -0.494 e. The van der Waals surface area contributed by atoms with Crippen LogP contribution in [0, 0.1) is 6.92 Å². The topological polar surface area (TPSA) is 62.4 Å². The Bertz CT molecular complexity index is 1130. The number of aromatic nitrogens is 1. The number of nitrogens with zero attached hydrogens (tertiary/aromatic N) is 1. The summed E-state index contributed by atoms with van der Waals surface area (Å²) in [6.07, 6.45) is 4.75. The lowest BCUT2D eigenvalue weighted by Gasteiger charge is -2.26. The van der Waals surface area contributed by atoms with E-state index < -0.39 is 10.0 Å². The zero-order valence-electron chi connectivity index (χ0n) is 16.1. The van der Waals surface area contributed by atoms with Crippen molar-refractivity contribution < 1.29 is 13.2 Å². The summed E-state index contributed by atoms with van der Waals surface area (Å²) in [4.78, 5) is 3.65. The minimum atomic E-state index is -3.51. The van der Waals surface area contributed by atoms with E-state index in [1.54, 1.807) is 24.3 Å². The van der Waals surface area contributed by atoms with Crippen LogP contribution in [0.2, 0.25) is 0 Å². The van der Waals surface area contributed by atoms with E-state index in [-0.39, 0.29) is 0 Å². The molecule has 0 amide bonds. The van der Waals surface area contributed by atoms with Crippen molar-refractivity contribution >= 4 is 26.5 Å². The Morgan fingerprint density at radius 3 is 2.61 bits per heavy atom. The first-order chi connectivity index (χ1) is 13.5. The summed E-state index contributed by atoms with van der Waals surface area (Å²) in [5.74, 6) is 0.678. The summed E-state index contributed by atoms with van der Waals surface area (Å²) in [6.45, 7) is 5.39. The number of aryl methyl sites for hydroxylation is 1. The summed E-state index contributed by atoms with van der Waals surface area (Å²) in [7, 11) is -3.51. The SMILES string of the molecule is CCOc1ccc(S(=O)(=O)N2CC=C(c3c[nH]c4c(C)cccc34)CC2)cc1. The number of nitrogens with one attached hydrogen (secondary N) is 1. The lowest BCUT2D eigenvalue weighted by Crippen LogP contribution is -2.34. The van der Waals surface area contributed by atoms with E-state index in [1.807, 2.05) is 19.2 Å². The summed E-state index contributed by atoms with van der Waals surface area (Å²) >= 11 is 0. The zero-order valence-corrected chi connectivity index (χ0v) is 16.9. The average molecular weight is 397 g/mol. The van der Waals surface area contributed by atoms with Crippen LogP contribution in [-0.2, 0) is 10.0 Å². The van der Waals surface area contributed by atoms with Gasteiger partial charge in [0.1, 0.15) is 5.75 Å². The summed E-state index contributed by atoms with van der Waals surface area (Å²) in [5, 5.41) is 1.19. The van der Waals surface area contributed by atoms with Crippen molar-refractivity contribution in [2.45, 2.75) is 25.2 Å². The van der Waals surface area contributed by atoms with Gasteiger partial charge in [-0.3, -0.25) is 0 Å². The summed E-state index contributed by atoms with van der Waals surface area (Å²) in [5.41, 5.74) is 4.70. The number of hydrogen-bond donors (Lipinski definition) is 1. The predicted molar refractivity (Wildman–Crippen MR) is 112 cm³/mol. The third kappa shape index (κ3) is 3.34. The first-order valence-corrected chi connectivity index (χ1v) is 10.9. The van der Waals surface area contributed by atoms with Crippen LogP contribution < -0.4 is 4.74 Å². The van der Waals surface area contributed by atoms with Gasteiger partial charge >= 0.3 is 0 Å². The molecular formula is C22H24N2O3S. The second-order valence-electron chi connectivity index (χ2n) is 6.95. The van der Waals surface area contributed by atoms with E-state index in [0.29, 0.717) is 36.8 Å². The number of sulfonamides is 1. The lowest BCUT2D eigenvalue weighted by molar-refractivity contribution is 0.340. The molecule has 3 aromatic rings. The van der Waals surface area contributed by atoms with E-state index in [1.165, 1.54) is 20.8 Å². The Morgan fingerprint density at radius 2 is 1.93 bits per heavy atom. The number of benzene rings is 2. The highest BCUT2D eigenvalue weighted by Crippen LogP contribution is 2.32. The minimum absolute atomic E-state index is 0.301. The first kappa shape index (κ1) is 18.8. The first-order valence-electron chi connectivity index (χ1n) is 9.50. The molecule has 4 rings (SSSR count). The van der Waals surface area contributed by atoms with E-state index in [4.69, 9.17) is 4.74 Å². The van der Waals surface area contributed by atoms with Gasteiger partial charge in [-0.15, -0.1) is 0 Å². The number of fused-ring (bicyclic) bond motifs is 1. The number of H-pyrrole nitrogens is 1. The Kier molecular flexibility index (Phi) is 5.00. The molecule has 28 heavy (non-hydrogen) atoms. The number of aromatic amines is 1. The van der Waals surface area contributed by atoms with Crippen molar-refractivity contribution in [3.63, 3.8) is 0 Å². The van der Waals surface area contributed by atoms with Gasteiger partial charge in [-0.2, -0.15) is 4.31 Å². The molecule has 0 radical (unpaired) electrons. The average Bonchev–Trinajstić information content (AvgIpc) is 3.14. The van der Waals surface area contributed by atoms with Crippen LogP contribution in [0.3, 0.4) is 0 Å². The van der Waals surface area contributed by atoms with Crippen LogP contribution in [0.4, 0.5) is 0 Å². The molecular weight excluding hydrogens is 372 g/mol. The van der Waals surface area contributed by atoms with Gasteiger partial charge in [0.2, 0.25) is 10.0 Å². The molecule has 2 heterocycles. The summed E-state index contributed by atoms with van der Waals surface area (Å²) < 4.78 is 32.8. The van der Waals surface area contributed by atoms with Crippen LogP contribution in [-0.4, -0.2) is 37.4 Å². The molecule has 0 atom stereocenters. The molecule has 6 heteroatoms. The number of ether oxygens (including phenoxy) is 1. The van der Waals surface area contributed by atoms with Gasteiger partial charge in [-0.05, 0) is 55.7 Å². The van der Waals surface area contributed by atoms with Gasteiger partial charge in [0.05, 0.1) is 11.5 Å². The van der Waals surface area contributed by atoms with E-state index in [2.05, 4.69) is 30.1 Å². The van der Waals surface area contributed by atoms with Crippen LogP contribution in [0.15, 0.2) is 59.6 Å². The zero-order chi connectivity index (χ0) is 19.7. The van der Waals surface area contributed by atoms with Crippen molar-refractivity contribution in [1.82, 2.24) is 9.29 Å². The van der Waals surface area contributed by atoms with Crippen LogP contribution in [0.25, 0.3) is 16.5 Å². The van der Waals surface area contributed by atoms with Gasteiger partial charge in [0.25, 0.3) is 0 Å². The second kappa shape index (κ2) is 7.45. The maximum Gasteiger partial charge on any atom is 0.243 e. The largest absolute Gasteiger partial charge is 0.494 e. The van der Waals surface area contributed by atoms with Crippen LogP contribution in [0.1, 0.15) is 24.5 Å². The number of rotatable bonds is 5. The number of hydrogen-bond acceptors (Lipinski definition) is 3. The molecule has 0 aliphatic carbocycles. The van der Waals surface area contributed by atoms with Crippen LogP contribution >= 0.6 is 0 Å². The van der Waals surface area contributed by atoms with E-state index in [9.17, 15) is 8.42 Å². The molecule has 0 saturated carbocycles. The van der Waals surface area contributed by atoms with Gasteiger partial charge in [-0.1, -0.05) is 24.3 Å². The predicted octanol–water partition coefficient (Wildman–Crippen LogP) is 4.35. The highest BCUT2D eigenvalue weighted by Gasteiger charge is 2.27. The molecule has 1 aromatic heterocycles. The molecule has 0 spiro atoms. The molecule has 0 saturated heterocycles. The van der Waals surface area contributed by atoms with Crippen molar-refractivity contribution in [3.05, 3.63) is 65.9 Å². The molecule has 146 valence electrons. The fourth-order valence-electron chi connectivity index (χ4n) is 3.71. The van der Waals surface area contributed by atoms with Crippen LogP contribution in [0.5, 0.6) is 5.75 Å². The Labute approximate surface area is 165 Å². The van der Waals surface area contributed by atoms with Gasteiger partial charge < -0.3 is 9.72 Å². The van der Waals surface area contributed by atoms with Crippen molar-refractivity contribution in [1.29, 1.82) is 0 Å². The lowest BCUT2D eigenvalue weighted by atomic mass is 9.99. The Morgan fingerprint density at radius 1 is 1.14 bits per heavy atom. The second-order valence-corrected chi connectivity index (χ2v) is 8.88. The Hall–Kier alpha value is -2.57. The molecule has 0 bridgehead atoms. The standard InChI is InChI=1S/C22H24N2O3S/c1-3-27-18-7-9-19(10-8-18)28(25,26)24-13-11-17(12-14-24)21-15-23-22-16(2)5-4-6-20(21)22/h4-11,15,23H,3,12-14H2,1-2H3. The number of para-hydroxylation sites is 1. The molecule has 1 aliphatic rings. The monoisotopic (exact) mass is 396 g/mol. The molecule has 1 aliphatic heterocycles. The third-order valence-electron chi connectivity index (χ3n) is 5.21. The maximum atomic E-state index is 13.0. The molecule has 0 unspecified atom stereocenters. The highest BCUT2D eigenvalue weighted by atomic mass is 32.2. The molecule has 2 aromatic carbocycles. The normalized spacial score (nSPS) is 15.6. The van der Waals surface area contributed by atoms with E-state index >= 15 is 0 Å². The quantitative estimate of drug-likeness (QED) is 0.697. The Balaban J connectivity index is 1.56. The smallest absolute Gasteiger partial charge is 0.243 e.